The molecule has 0 amide bonds. The van der Waals surface area contributed by atoms with Crippen LogP contribution in [0.15, 0.2) is 35.1 Å². The minimum absolute atomic E-state index is 0.313. The van der Waals surface area contributed by atoms with Gasteiger partial charge in [-0.15, -0.1) is 0 Å². The summed E-state index contributed by atoms with van der Waals surface area (Å²) in [6.07, 6.45) is 1.32. The van der Waals surface area contributed by atoms with Crippen LogP contribution < -0.4 is 0 Å². The average Bonchev–Trinajstić information content (AvgIpc) is 2.11. The Hall–Kier alpha value is -0.900. The summed E-state index contributed by atoms with van der Waals surface area (Å²) in [5, 5.41) is 0.313. The molecule has 0 atom stereocenters. The number of allylic oxidation sites excluding steroid dienone is 5. The maximum atomic E-state index is 11.6. The molecule has 0 N–H and O–H groups in total. The predicted molar refractivity (Wildman–Crippen MR) is 54.5 cm³/mol. The summed E-state index contributed by atoms with van der Waals surface area (Å²) in [5.74, 6) is 0. The van der Waals surface area contributed by atoms with E-state index in [0.717, 1.165) is 11.8 Å². The van der Waals surface area contributed by atoms with Crippen LogP contribution in [0.5, 0.6) is 0 Å². The second-order valence-corrected chi connectivity index (χ2v) is 3.23. The molecule has 0 bridgehead atoms. The maximum Gasteiger partial charge on any atom is 0.422 e. The van der Waals surface area contributed by atoms with Gasteiger partial charge in [0.1, 0.15) is 0 Å². The molecule has 0 heterocycles. The van der Waals surface area contributed by atoms with Crippen molar-refractivity contribution in [2.45, 2.75) is 20.0 Å². The Balaban J connectivity index is 4.03. The molecule has 1 nitrogen and oxygen atoms in total. The van der Waals surface area contributed by atoms with Crippen LogP contribution in [0.4, 0.5) is 13.2 Å². The first-order chi connectivity index (χ1) is 6.85. The third-order valence-electron chi connectivity index (χ3n) is 1.39. The van der Waals surface area contributed by atoms with Gasteiger partial charge in [-0.2, -0.15) is 13.2 Å². The summed E-state index contributed by atoms with van der Waals surface area (Å²) < 4.78 is 39.1. The molecule has 0 aromatic heterocycles. The molecule has 86 valence electrons. The first-order valence-electron chi connectivity index (χ1n) is 4.20. The van der Waals surface area contributed by atoms with Crippen molar-refractivity contribution in [1.29, 1.82) is 0 Å². The van der Waals surface area contributed by atoms with E-state index in [1.807, 2.05) is 19.9 Å². The van der Waals surface area contributed by atoms with Gasteiger partial charge in [-0.05, 0) is 26.0 Å². The van der Waals surface area contributed by atoms with E-state index in [1.165, 1.54) is 6.08 Å². The fourth-order valence-corrected chi connectivity index (χ4v) is 0.828. The average molecular weight is 241 g/mol. The van der Waals surface area contributed by atoms with Crippen molar-refractivity contribution in [3.8, 4) is 0 Å². The minimum atomic E-state index is -4.32. The number of rotatable bonds is 4. The summed E-state index contributed by atoms with van der Waals surface area (Å²) in [6.45, 7) is 2.35. The number of ether oxygens (including phenoxy) is 1. The van der Waals surface area contributed by atoms with Gasteiger partial charge in [0.25, 0.3) is 0 Å². The molecule has 0 aromatic rings. The zero-order chi connectivity index (χ0) is 11.9. The fraction of sp³-hybridized carbons (Fsp3) is 0.400. The second-order valence-electron chi connectivity index (χ2n) is 2.79. The van der Waals surface area contributed by atoms with Crippen LogP contribution in [0.2, 0.25) is 0 Å². The molecule has 0 spiro atoms. The fourth-order valence-electron chi connectivity index (χ4n) is 0.605. The zero-order valence-electron chi connectivity index (χ0n) is 8.44. The topological polar surface area (TPSA) is 9.23 Å². The molecule has 0 saturated carbocycles. The first-order valence-corrected chi connectivity index (χ1v) is 4.58. The highest BCUT2D eigenvalue weighted by atomic mass is 35.5. The SMILES string of the molecule is C\C=C(C)/C=C(Cl)\C=C\OCC(F)(F)F. The standard InChI is InChI=1S/C10H12ClF3O/c1-3-8(2)6-9(11)4-5-15-7-10(12,13)14/h3-6H,7H2,1-2H3/b5-4+,8-3-,9-6+. The van der Waals surface area contributed by atoms with E-state index < -0.39 is 12.8 Å². The van der Waals surface area contributed by atoms with Crippen LogP contribution in [-0.2, 0) is 4.74 Å². The second kappa shape index (κ2) is 6.56. The molecule has 0 aliphatic heterocycles. The highest BCUT2D eigenvalue weighted by Crippen LogP contribution is 2.15. The van der Waals surface area contributed by atoms with E-state index in [0.29, 0.717) is 5.03 Å². The summed E-state index contributed by atoms with van der Waals surface area (Å²) >= 11 is 5.68. The molecule has 0 aromatic carbocycles. The molecule has 0 fully saturated rings. The van der Waals surface area contributed by atoms with Crippen molar-refractivity contribution >= 4 is 11.6 Å². The van der Waals surface area contributed by atoms with Crippen LogP contribution >= 0.6 is 11.6 Å². The zero-order valence-corrected chi connectivity index (χ0v) is 9.19. The maximum absolute atomic E-state index is 11.6. The summed E-state index contributed by atoms with van der Waals surface area (Å²) in [4.78, 5) is 0. The molecular formula is C10H12ClF3O. The highest BCUT2D eigenvalue weighted by molar-refractivity contribution is 6.31. The van der Waals surface area contributed by atoms with Crippen molar-refractivity contribution in [2.75, 3.05) is 6.61 Å². The van der Waals surface area contributed by atoms with E-state index in [1.54, 1.807) is 6.08 Å². The van der Waals surface area contributed by atoms with Gasteiger partial charge < -0.3 is 4.74 Å². The van der Waals surface area contributed by atoms with Crippen molar-refractivity contribution in [3.63, 3.8) is 0 Å². The highest BCUT2D eigenvalue weighted by Gasteiger charge is 2.27. The van der Waals surface area contributed by atoms with Crippen LogP contribution in [0, 0.1) is 0 Å². The van der Waals surface area contributed by atoms with Gasteiger partial charge in [-0.25, -0.2) is 0 Å². The van der Waals surface area contributed by atoms with E-state index in [4.69, 9.17) is 11.6 Å². The number of hydrogen-bond donors (Lipinski definition) is 0. The quantitative estimate of drug-likeness (QED) is 0.529. The summed E-state index contributed by atoms with van der Waals surface area (Å²) in [5.41, 5.74) is 0.917. The largest absolute Gasteiger partial charge is 0.492 e. The number of halogens is 4. The number of hydrogen-bond acceptors (Lipinski definition) is 1. The van der Waals surface area contributed by atoms with Gasteiger partial charge in [0.2, 0.25) is 0 Å². The van der Waals surface area contributed by atoms with Crippen molar-refractivity contribution in [3.05, 3.63) is 35.1 Å². The van der Waals surface area contributed by atoms with E-state index in [2.05, 4.69) is 4.74 Å². The smallest absolute Gasteiger partial charge is 0.422 e. The van der Waals surface area contributed by atoms with Crippen molar-refractivity contribution < 1.29 is 17.9 Å². The lowest BCUT2D eigenvalue weighted by Crippen LogP contribution is -2.14. The van der Waals surface area contributed by atoms with Gasteiger partial charge in [-0.3, -0.25) is 0 Å². The molecular weight excluding hydrogens is 229 g/mol. The van der Waals surface area contributed by atoms with E-state index in [-0.39, 0.29) is 0 Å². The Bertz CT molecular complexity index is 277. The lowest BCUT2D eigenvalue weighted by atomic mass is 10.2. The number of alkyl halides is 3. The minimum Gasteiger partial charge on any atom is -0.492 e. The van der Waals surface area contributed by atoms with Gasteiger partial charge in [0.05, 0.1) is 6.26 Å². The van der Waals surface area contributed by atoms with Crippen LogP contribution in [0.3, 0.4) is 0 Å². The van der Waals surface area contributed by atoms with Crippen LogP contribution in [0.25, 0.3) is 0 Å². The van der Waals surface area contributed by atoms with Gasteiger partial charge in [0.15, 0.2) is 6.61 Å². The Kier molecular flexibility index (Phi) is 6.17. The molecule has 0 radical (unpaired) electrons. The normalized spacial score (nSPS) is 14.8. The Morgan fingerprint density at radius 3 is 2.47 bits per heavy atom. The van der Waals surface area contributed by atoms with Crippen molar-refractivity contribution in [1.82, 2.24) is 0 Å². The molecule has 0 aliphatic rings. The van der Waals surface area contributed by atoms with Crippen molar-refractivity contribution in [2.24, 2.45) is 0 Å². The summed E-state index contributed by atoms with van der Waals surface area (Å²) in [6, 6.07) is 0. The van der Waals surface area contributed by atoms with Gasteiger partial charge in [0, 0.05) is 5.03 Å². The Morgan fingerprint density at radius 2 is 2.00 bits per heavy atom. The third-order valence-corrected chi connectivity index (χ3v) is 1.63. The molecule has 0 unspecified atom stereocenters. The van der Waals surface area contributed by atoms with Crippen LogP contribution in [-0.4, -0.2) is 12.8 Å². The Labute approximate surface area is 91.9 Å². The Morgan fingerprint density at radius 1 is 1.40 bits per heavy atom. The molecule has 0 rings (SSSR count). The third kappa shape index (κ3) is 9.41. The summed E-state index contributed by atoms with van der Waals surface area (Å²) in [7, 11) is 0. The van der Waals surface area contributed by atoms with Gasteiger partial charge in [-0.1, -0.05) is 23.3 Å². The molecule has 0 saturated heterocycles. The van der Waals surface area contributed by atoms with Crippen LogP contribution in [0.1, 0.15) is 13.8 Å². The lowest BCUT2D eigenvalue weighted by Gasteiger charge is -2.04. The molecule has 5 heteroatoms. The predicted octanol–water partition coefficient (Wildman–Crippen LogP) is 4.17. The molecule has 15 heavy (non-hydrogen) atoms. The monoisotopic (exact) mass is 240 g/mol. The first kappa shape index (κ1) is 14.1. The lowest BCUT2D eigenvalue weighted by molar-refractivity contribution is -0.161. The van der Waals surface area contributed by atoms with Gasteiger partial charge >= 0.3 is 6.18 Å². The van der Waals surface area contributed by atoms with E-state index in [9.17, 15) is 13.2 Å². The molecule has 0 aliphatic carbocycles. The van der Waals surface area contributed by atoms with E-state index >= 15 is 0 Å².